The molecule has 0 atom stereocenters. The van der Waals surface area contributed by atoms with Crippen LogP contribution >= 0.6 is 22.7 Å². The number of furan rings is 1. The molecule has 0 bridgehead atoms. The largest absolute Gasteiger partial charge is 0.456 e. The Labute approximate surface area is 299 Å². The Hall–Kier alpha value is -6.21. The van der Waals surface area contributed by atoms with Gasteiger partial charge >= 0.3 is 0 Å². The van der Waals surface area contributed by atoms with E-state index in [0.29, 0.717) is 17.5 Å². The van der Waals surface area contributed by atoms with Gasteiger partial charge in [-0.05, 0) is 42.5 Å². The average Bonchev–Trinajstić information content (AvgIpc) is 3.89. The molecule has 0 spiro atoms. The molecule has 0 saturated heterocycles. The van der Waals surface area contributed by atoms with Crippen molar-refractivity contribution in [3.8, 4) is 45.3 Å². The molecule has 0 aliphatic heterocycles. The molecular weight excluding hydrogens is 663 g/mol. The van der Waals surface area contributed by atoms with Crippen LogP contribution in [0.25, 0.3) is 108 Å². The molecule has 51 heavy (non-hydrogen) atoms. The monoisotopic (exact) mass is 687 g/mol. The zero-order chi connectivity index (χ0) is 33.5. The Morgan fingerprint density at radius 3 is 1.67 bits per heavy atom. The first-order valence-electron chi connectivity index (χ1n) is 16.8. The van der Waals surface area contributed by atoms with E-state index in [1.54, 1.807) is 0 Å². The number of rotatable bonds is 4. The van der Waals surface area contributed by atoms with Crippen LogP contribution in [0.5, 0.6) is 0 Å². The molecule has 0 amide bonds. The maximum atomic E-state index is 6.24. The van der Waals surface area contributed by atoms with Gasteiger partial charge in [-0.3, -0.25) is 0 Å². The van der Waals surface area contributed by atoms with Crippen molar-refractivity contribution in [3.63, 3.8) is 0 Å². The van der Waals surface area contributed by atoms with Gasteiger partial charge in [0, 0.05) is 78.9 Å². The fourth-order valence-corrected chi connectivity index (χ4v) is 9.77. The SMILES string of the molecule is c1ccc(-c2nc(-c3ccc4c(c3)oc3ccccc34)nc(-c3ccc4sc5c(-c6cccc7c6sc6ccccc67)cccc5c4c3)n2)cc1. The molecule has 4 aromatic heterocycles. The van der Waals surface area contributed by atoms with Crippen molar-refractivity contribution >= 4 is 85.0 Å². The van der Waals surface area contributed by atoms with Crippen molar-refractivity contribution in [3.05, 3.63) is 152 Å². The van der Waals surface area contributed by atoms with E-state index in [9.17, 15) is 0 Å². The minimum absolute atomic E-state index is 0.607. The lowest BCUT2D eigenvalue weighted by Crippen LogP contribution is -2.00. The summed E-state index contributed by atoms with van der Waals surface area (Å²) in [6.45, 7) is 0. The van der Waals surface area contributed by atoms with E-state index in [1.807, 2.05) is 77.3 Å². The first-order valence-corrected chi connectivity index (χ1v) is 18.5. The van der Waals surface area contributed by atoms with E-state index in [2.05, 4.69) is 97.1 Å². The van der Waals surface area contributed by atoms with E-state index < -0.39 is 0 Å². The quantitative estimate of drug-likeness (QED) is 0.185. The number of hydrogen-bond acceptors (Lipinski definition) is 6. The van der Waals surface area contributed by atoms with Crippen molar-refractivity contribution in [1.29, 1.82) is 0 Å². The van der Waals surface area contributed by atoms with Gasteiger partial charge in [-0.1, -0.05) is 109 Å². The molecule has 7 aromatic carbocycles. The van der Waals surface area contributed by atoms with E-state index in [-0.39, 0.29) is 0 Å². The second-order valence-electron chi connectivity index (χ2n) is 12.8. The fraction of sp³-hybridized carbons (Fsp3) is 0. The Kier molecular flexibility index (Phi) is 6.26. The molecule has 0 unspecified atom stereocenters. The minimum Gasteiger partial charge on any atom is -0.456 e. The molecular formula is C45H25N3OS2. The smallest absolute Gasteiger partial charge is 0.164 e. The molecule has 4 heterocycles. The Balaban J connectivity index is 1.08. The normalized spacial score (nSPS) is 11.9. The van der Waals surface area contributed by atoms with Crippen LogP contribution < -0.4 is 0 Å². The number of aromatic nitrogens is 3. The number of benzene rings is 7. The van der Waals surface area contributed by atoms with Crippen molar-refractivity contribution in [1.82, 2.24) is 15.0 Å². The maximum absolute atomic E-state index is 6.24. The zero-order valence-electron chi connectivity index (χ0n) is 27.0. The van der Waals surface area contributed by atoms with Crippen molar-refractivity contribution in [2.24, 2.45) is 0 Å². The summed E-state index contributed by atoms with van der Waals surface area (Å²) in [5, 5.41) is 7.24. The molecule has 11 rings (SSSR count). The Bertz CT molecular complexity index is 3160. The van der Waals surface area contributed by atoms with Gasteiger partial charge in [-0.15, -0.1) is 22.7 Å². The van der Waals surface area contributed by atoms with E-state index in [1.165, 1.54) is 51.5 Å². The molecule has 4 nitrogen and oxygen atoms in total. The van der Waals surface area contributed by atoms with Gasteiger partial charge in [0.1, 0.15) is 11.2 Å². The number of para-hydroxylation sites is 1. The van der Waals surface area contributed by atoms with Crippen LogP contribution in [-0.2, 0) is 0 Å². The van der Waals surface area contributed by atoms with Crippen LogP contribution in [0, 0.1) is 0 Å². The van der Waals surface area contributed by atoms with Crippen molar-refractivity contribution in [2.45, 2.75) is 0 Å². The van der Waals surface area contributed by atoms with Crippen LogP contribution in [-0.4, -0.2) is 15.0 Å². The summed E-state index contributed by atoms with van der Waals surface area (Å²) < 4.78 is 11.4. The molecule has 6 heteroatoms. The van der Waals surface area contributed by atoms with Gasteiger partial charge < -0.3 is 4.42 Å². The summed E-state index contributed by atoms with van der Waals surface area (Å²) >= 11 is 3.72. The highest BCUT2D eigenvalue weighted by Crippen LogP contribution is 2.45. The lowest BCUT2D eigenvalue weighted by Gasteiger charge is -2.09. The highest BCUT2D eigenvalue weighted by atomic mass is 32.1. The molecule has 0 aliphatic rings. The molecule has 0 fully saturated rings. The van der Waals surface area contributed by atoms with Gasteiger partial charge in [-0.25, -0.2) is 15.0 Å². The highest BCUT2D eigenvalue weighted by Gasteiger charge is 2.18. The van der Waals surface area contributed by atoms with Crippen LogP contribution in [0.1, 0.15) is 0 Å². The first kappa shape index (κ1) is 28.6. The maximum Gasteiger partial charge on any atom is 0.164 e. The summed E-state index contributed by atoms with van der Waals surface area (Å²) in [6, 6.07) is 53.1. The molecule has 0 aliphatic carbocycles. The first-order chi connectivity index (χ1) is 25.2. The number of nitrogens with zero attached hydrogens (tertiary/aromatic N) is 3. The minimum atomic E-state index is 0.607. The fourth-order valence-electron chi connectivity index (χ4n) is 7.32. The second-order valence-corrected chi connectivity index (χ2v) is 14.9. The molecule has 238 valence electrons. The van der Waals surface area contributed by atoms with Gasteiger partial charge in [0.15, 0.2) is 17.5 Å². The molecule has 0 N–H and O–H groups in total. The number of fused-ring (bicyclic) bond motifs is 9. The van der Waals surface area contributed by atoms with Crippen LogP contribution in [0.2, 0.25) is 0 Å². The van der Waals surface area contributed by atoms with Gasteiger partial charge in [0.05, 0.1) is 0 Å². The third-order valence-electron chi connectivity index (χ3n) is 9.75. The van der Waals surface area contributed by atoms with E-state index in [0.717, 1.165) is 38.6 Å². The van der Waals surface area contributed by atoms with Gasteiger partial charge in [0.25, 0.3) is 0 Å². The van der Waals surface area contributed by atoms with Crippen LogP contribution in [0.4, 0.5) is 0 Å². The molecule has 0 saturated carbocycles. The van der Waals surface area contributed by atoms with Crippen molar-refractivity contribution in [2.75, 3.05) is 0 Å². The summed E-state index contributed by atoms with van der Waals surface area (Å²) in [7, 11) is 0. The highest BCUT2D eigenvalue weighted by molar-refractivity contribution is 7.27. The van der Waals surface area contributed by atoms with Gasteiger partial charge in [0.2, 0.25) is 0 Å². The standard InChI is InChI=1S/C45H25N3OS2/c1-2-10-26(11-3-1)43-46-44(48-45(47-43)28-20-22-30-29-12-4-6-18-37(29)49-38(30)25-28)27-21-23-40-36(24-27)35-17-9-16-34(42(35)51-40)33-15-8-14-32-31-13-5-7-19-39(31)50-41(32)33/h1-25H. The van der Waals surface area contributed by atoms with Crippen LogP contribution in [0.15, 0.2) is 156 Å². The summed E-state index contributed by atoms with van der Waals surface area (Å²) in [4.78, 5) is 15.1. The van der Waals surface area contributed by atoms with Crippen molar-refractivity contribution < 1.29 is 4.42 Å². The summed E-state index contributed by atoms with van der Waals surface area (Å²) in [5.41, 5.74) is 6.99. The predicted octanol–water partition coefficient (Wildman–Crippen LogP) is 13.2. The Morgan fingerprint density at radius 2 is 0.902 bits per heavy atom. The number of thiophene rings is 2. The average molecular weight is 688 g/mol. The van der Waals surface area contributed by atoms with Crippen LogP contribution in [0.3, 0.4) is 0 Å². The lowest BCUT2D eigenvalue weighted by atomic mass is 10.00. The third kappa shape index (κ3) is 4.54. The number of hydrogen-bond donors (Lipinski definition) is 0. The third-order valence-corrected chi connectivity index (χ3v) is 12.2. The lowest BCUT2D eigenvalue weighted by molar-refractivity contribution is 0.669. The van der Waals surface area contributed by atoms with Gasteiger partial charge in [-0.2, -0.15) is 0 Å². The topological polar surface area (TPSA) is 51.8 Å². The van der Waals surface area contributed by atoms with E-state index >= 15 is 0 Å². The van der Waals surface area contributed by atoms with E-state index in [4.69, 9.17) is 19.4 Å². The zero-order valence-corrected chi connectivity index (χ0v) is 28.6. The summed E-state index contributed by atoms with van der Waals surface area (Å²) in [5.74, 6) is 1.88. The molecule has 11 aromatic rings. The summed E-state index contributed by atoms with van der Waals surface area (Å²) in [6.07, 6.45) is 0. The Morgan fingerprint density at radius 1 is 0.353 bits per heavy atom. The predicted molar refractivity (Wildman–Crippen MR) is 215 cm³/mol. The molecule has 0 radical (unpaired) electrons. The second kappa shape index (κ2) is 11.2.